The summed E-state index contributed by atoms with van der Waals surface area (Å²) < 4.78 is 99.4. The number of rotatable bonds is 5. The molecule has 2 aromatic carbocycles. The second-order valence-electron chi connectivity index (χ2n) is 6.77. The largest absolute Gasteiger partial charge is 0.379 e. The van der Waals surface area contributed by atoms with E-state index in [-0.39, 0.29) is 36.9 Å². The zero-order valence-electron chi connectivity index (χ0n) is 16.1. The first kappa shape index (κ1) is 23.1. The normalized spacial score (nSPS) is 15.2. The summed E-state index contributed by atoms with van der Waals surface area (Å²) in [6.45, 7) is 2.32. The summed E-state index contributed by atoms with van der Waals surface area (Å²) >= 11 is 0. The van der Waals surface area contributed by atoms with Crippen molar-refractivity contribution in [3.63, 3.8) is 0 Å². The van der Waals surface area contributed by atoms with Gasteiger partial charge in [-0.1, -0.05) is 6.07 Å². The molecule has 1 aliphatic heterocycles. The average molecular weight is 464 g/mol. The molecule has 2 aromatic rings. The lowest BCUT2D eigenvalue weighted by atomic mass is 10.1. The van der Waals surface area contributed by atoms with Crippen LogP contribution in [-0.2, 0) is 26.0 Å². The molecular weight excluding hydrogens is 447 g/mol. The van der Waals surface area contributed by atoms with Crippen molar-refractivity contribution in [2.24, 2.45) is 0 Å². The molecule has 1 fully saturated rings. The predicted octanol–water partition coefficient (Wildman–Crippen LogP) is 2.89. The SMILES string of the molecule is Cc1ccc(NC(=O)Cc2c(F)c(F)c(F)c(F)c2F)cc1S(=O)(=O)N1CCOCC1. The number of anilines is 1. The van der Waals surface area contributed by atoms with Crippen LogP contribution in [0.1, 0.15) is 11.1 Å². The molecule has 0 atom stereocenters. The Labute approximate surface area is 174 Å². The van der Waals surface area contributed by atoms with E-state index in [0.717, 1.165) is 6.07 Å². The quantitative estimate of drug-likeness (QED) is 0.420. The zero-order chi connectivity index (χ0) is 22.9. The van der Waals surface area contributed by atoms with Crippen molar-refractivity contribution in [2.45, 2.75) is 18.2 Å². The van der Waals surface area contributed by atoms with Gasteiger partial charge in [0.05, 0.1) is 24.5 Å². The number of nitrogens with zero attached hydrogens (tertiary/aromatic N) is 1. The fraction of sp³-hybridized carbons (Fsp3) is 0.316. The number of halogens is 5. The van der Waals surface area contributed by atoms with Crippen LogP contribution in [0.25, 0.3) is 0 Å². The maximum atomic E-state index is 13.8. The predicted molar refractivity (Wildman–Crippen MR) is 99.3 cm³/mol. The van der Waals surface area contributed by atoms with Crippen LogP contribution in [0.2, 0.25) is 0 Å². The minimum absolute atomic E-state index is 0.0219. The number of nitrogens with one attached hydrogen (secondary N) is 1. The van der Waals surface area contributed by atoms with E-state index in [4.69, 9.17) is 4.74 Å². The standard InChI is InChI=1S/C19H17F5N2O4S/c1-10-2-3-11(8-13(10)31(28,29)26-4-6-30-7-5-26)25-14(27)9-12-15(20)17(22)19(24)18(23)16(12)21/h2-3,8H,4-7,9H2,1H3,(H,25,27). The molecule has 1 heterocycles. The van der Waals surface area contributed by atoms with Crippen LogP contribution in [0.15, 0.2) is 23.1 Å². The van der Waals surface area contributed by atoms with Gasteiger partial charge in [-0.15, -0.1) is 0 Å². The first-order valence-corrected chi connectivity index (χ1v) is 10.5. The van der Waals surface area contributed by atoms with Crippen molar-refractivity contribution in [1.82, 2.24) is 4.31 Å². The van der Waals surface area contributed by atoms with Crippen LogP contribution in [0.3, 0.4) is 0 Å². The number of hydrogen-bond acceptors (Lipinski definition) is 4. The van der Waals surface area contributed by atoms with Crippen LogP contribution in [0.4, 0.5) is 27.6 Å². The highest BCUT2D eigenvalue weighted by molar-refractivity contribution is 7.89. The van der Waals surface area contributed by atoms with Gasteiger partial charge in [0.1, 0.15) is 0 Å². The Balaban J connectivity index is 1.85. The number of ether oxygens (including phenoxy) is 1. The van der Waals surface area contributed by atoms with Crippen LogP contribution in [0.5, 0.6) is 0 Å². The molecule has 0 aromatic heterocycles. The number of carbonyl (C=O) groups excluding carboxylic acids is 1. The maximum Gasteiger partial charge on any atom is 0.243 e. The Morgan fingerprint density at radius 3 is 2.13 bits per heavy atom. The van der Waals surface area contributed by atoms with Crippen molar-refractivity contribution in [3.05, 3.63) is 58.4 Å². The number of carbonyl (C=O) groups is 1. The summed E-state index contributed by atoms with van der Waals surface area (Å²) in [7, 11) is -3.90. The van der Waals surface area contributed by atoms with E-state index >= 15 is 0 Å². The highest BCUT2D eigenvalue weighted by Crippen LogP contribution is 2.26. The summed E-state index contributed by atoms with van der Waals surface area (Å²) in [6, 6.07) is 3.93. The molecule has 1 saturated heterocycles. The molecule has 0 saturated carbocycles. The summed E-state index contributed by atoms with van der Waals surface area (Å²) in [5.41, 5.74) is -0.919. The second kappa shape index (κ2) is 8.89. The molecule has 0 bridgehead atoms. The third kappa shape index (κ3) is 4.55. The fourth-order valence-electron chi connectivity index (χ4n) is 3.05. The Kier molecular flexibility index (Phi) is 6.62. The molecule has 6 nitrogen and oxygen atoms in total. The van der Waals surface area contributed by atoms with Crippen molar-refractivity contribution in [2.75, 3.05) is 31.6 Å². The molecule has 12 heteroatoms. The Morgan fingerprint density at radius 2 is 1.55 bits per heavy atom. The molecular formula is C19H17F5N2O4S. The highest BCUT2D eigenvalue weighted by atomic mass is 32.2. The fourth-order valence-corrected chi connectivity index (χ4v) is 4.71. The van der Waals surface area contributed by atoms with E-state index in [0.29, 0.717) is 5.56 Å². The number of benzene rings is 2. The molecule has 0 unspecified atom stereocenters. The number of morpholine rings is 1. The van der Waals surface area contributed by atoms with E-state index in [9.17, 15) is 35.2 Å². The van der Waals surface area contributed by atoms with Gasteiger partial charge in [-0.25, -0.2) is 30.4 Å². The summed E-state index contributed by atoms with van der Waals surface area (Å²) in [4.78, 5) is 12.1. The number of amides is 1. The topological polar surface area (TPSA) is 75.7 Å². The molecule has 3 rings (SSSR count). The maximum absolute atomic E-state index is 13.8. The molecule has 31 heavy (non-hydrogen) atoms. The molecule has 1 aliphatic rings. The Morgan fingerprint density at radius 1 is 1.00 bits per heavy atom. The summed E-state index contributed by atoms with van der Waals surface area (Å²) in [5, 5.41) is 2.22. The van der Waals surface area contributed by atoms with Gasteiger partial charge >= 0.3 is 0 Å². The second-order valence-corrected chi connectivity index (χ2v) is 8.68. The van der Waals surface area contributed by atoms with Crippen molar-refractivity contribution < 1.29 is 39.9 Å². The van der Waals surface area contributed by atoms with Gasteiger partial charge in [0.15, 0.2) is 23.3 Å². The highest BCUT2D eigenvalue weighted by Gasteiger charge is 2.29. The van der Waals surface area contributed by atoms with E-state index in [1.54, 1.807) is 6.92 Å². The van der Waals surface area contributed by atoms with Crippen molar-refractivity contribution in [1.29, 1.82) is 0 Å². The minimum Gasteiger partial charge on any atom is -0.379 e. The first-order chi connectivity index (χ1) is 14.5. The van der Waals surface area contributed by atoms with E-state index < -0.39 is 57.0 Å². The van der Waals surface area contributed by atoms with E-state index in [1.165, 1.54) is 16.4 Å². The van der Waals surface area contributed by atoms with Gasteiger partial charge in [-0.3, -0.25) is 4.79 Å². The lowest BCUT2D eigenvalue weighted by molar-refractivity contribution is -0.115. The van der Waals surface area contributed by atoms with Gasteiger partial charge < -0.3 is 10.1 Å². The zero-order valence-corrected chi connectivity index (χ0v) is 17.0. The van der Waals surface area contributed by atoms with Crippen molar-refractivity contribution >= 4 is 21.6 Å². The van der Waals surface area contributed by atoms with Gasteiger partial charge in [0, 0.05) is 24.3 Å². The summed E-state index contributed by atoms with van der Waals surface area (Å²) in [6.07, 6.45) is -1.15. The number of hydrogen-bond donors (Lipinski definition) is 1. The molecule has 1 N–H and O–H groups in total. The van der Waals surface area contributed by atoms with Gasteiger partial charge in [-0.05, 0) is 24.6 Å². The molecule has 168 valence electrons. The molecule has 0 radical (unpaired) electrons. The molecule has 0 aliphatic carbocycles. The lowest BCUT2D eigenvalue weighted by Crippen LogP contribution is -2.40. The first-order valence-electron chi connectivity index (χ1n) is 9.02. The van der Waals surface area contributed by atoms with Gasteiger partial charge in [0.2, 0.25) is 21.7 Å². The summed E-state index contributed by atoms with van der Waals surface area (Å²) in [5.74, 6) is -11.9. The van der Waals surface area contributed by atoms with Crippen LogP contribution < -0.4 is 5.32 Å². The number of sulfonamides is 1. The van der Waals surface area contributed by atoms with Gasteiger partial charge in [0.25, 0.3) is 0 Å². The van der Waals surface area contributed by atoms with E-state index in [1.807, 2.05) is 0 Å². The average Bonchev–Trinajstić information content (AvgIpc) is 2.75. The third-order valence-electron chi connectivity index (χ3n) is 4.70. The minimum atomic E-state index is -3.90. The van der Waals surface area contributed by atoms with Gasteiger partial charge in [-0.2, -0.15) is 4.31 Å². The third-order valence-corrected chi connectivity index (χ3v) is 6.74. The lowest BCUT2D eigenvalue weighted by Gasteiger charge is -2.26. The van der Waals surface area contributed by atoms with Crippen LogP contribution in [-0.4, -0.2) is 44.9 Å². The Hall–Kier alpha value is -2.57. The molecule has 1 amide bonds. The smallest absolute Gasteiger partial charge is 0.243 e. The van der Waals surface area contributed by atoms with Crippen LogP contribution >= 0.6 is 0 Å². The van der Waals surface area contributed by atoms with E-state index in [2.05, 4.69) is 5.32 Å². The molecule has 0 spiro atoms. The number of aryl methyl sites for hydroxylation is 1. The Bertz CT molecular complexity index is 1110. The van der Waals surface area contributed by atoms with Crippen LogP contribution in [0, 0.1) is 36.0 Å². The monoisotopic (exact) mass is 464 g/mol. The van der Waals surface area contributed by atoms with Crippen molar-refractivity contribution in [3.8, 4) is 0 Å².